The van der Waals surface area contributed by atoms with E-state index in [0.29, 0.717) is 11.6 Å². The second-order valence-electron chi connectivity index (χ2n) is 4.91. The summed E-state index contributed by atoms with van der Waals surface area (Å²) >= 11 is 2.94. The summed E-state index contributed by atoms with van der Waals surface area (Å²) in [6.45, 7) is 4.64. The summed E-state index contributed by atoms with van der Waals surface area (Å²) in [7, 11) is 0. The lowest BCUT2D eigenvalue weighted by molar-refractivity contribution is -0.115. The molecule has 1 amide bonds. The van der Waals surface area contributed by atoms with Gasteiger partial charge < -0.3 is 10.1 Å². The van der Waals surface area contributed by atoms with Gasteiger partial charge in [-0.2, -0.15) is 0 Å². The van der Waals surface area contributed by atoms with Gasteiger partial charge in [0.05, 0.1) is 17.1 Å². The normalized spacial score (nSPS) is 18.1. The molecule has 0 aliphatic carbocycles. The van der Waals surface area contributed by atoms with Gasteiger partial charge in [0.1, 0.15) is 11.1 Å². The number of anilines is 1. The van der Waals surface area contributed by atoms with Gasteiger partial charge in [0.2, 0.25) is 11.0 Å². The van der Waals surface area contributed by atoms with Gasteiger partial charge >= 0.3 is 0 Å². The summed E-state index contributed by atoms with van der Waals surface area (Å²) in [5, 5.41) is 13.3. The number of thiazole rings is 1. The Kier molecular flexibility index (Phi) is 4.27. The predicted octanol–water partition coefficient (Wildman–Crippen LogP) is 2.64. The van der Waals surface area contributed by atoms with Crippen LogP contribution in [0.3, 0.4) is 0 Å². The van der Waals surface area contributed by atoms with Gasteiger partial charge in [0.25, 0.3) is 0 Å². The maximum Gasteiger partial charge on any atom is 0.231 e. The molecular weight excluding hydrogens is 308 g/mol. The molecule has 0 spiro atoms. The first-order valence-electron chi connectivity index (χ1n) is 6.79. The number of nitrogens with zero attached hydrogens (tertiary/aromatic N) is 3. The molecule has 1 aliphatic rings. The molecule has 2 aromatic rings. The Balaban J connectivity index is 1.61. The molecule has 21 heavy (non-hydrogen) atoms. The molecule has 1 atom stereocenters. The van der Waals surface area contributed by atoms with Crippen molar-refractivity contribution in [2.45, 2.75) is 39.2 Å². The third kappa shape index (κ3) is 3.45. The lowest BCUT2D eigenvalue weighted by atomic mass is 10.2. The third-order valence-corrected chi connectivity index (χ3v) is 5.22. The minimum Gasteiger partial charge on any atom is -0.371 e. The summed E-state index contributed by atoms with van der Waals surface area (Å²) < 4.78 is 5.56. The number of carbonyl (C=O) groups excluding carboxylic acids is 1. The molecule has 1 saturated heterocycles. The van der Waals surface area contributed by atoms with Gasteiger partial charge in [-0.3, -0.25) is 4.79 Å². The van der Waals surface area contributed by atoms with Crippen LogP contribution in [0.25, 0.3) is 0 Å². The first-order chi connectivity index (χ1) is 10.1. The van der Waals surface area contributed by atoms with Crippen LogP contribution in [-0.4, -0.2) is 27.7 Å². The Bertz CT molecular complexity index is 646. The van der Waals surface area contributed by atoms with E-state index in [1.807, 2.05) is 13.8 Å². The van der Waals surface area contributed by atoms with E-state index in [1.54, 1.807) is 11.3 Å². The van der Waals surface area contributed by atoms with Gasteiger partial charge in [0, 0.05) is 11.5 Å². The highest BCUT2D eigenvalue weighted by Crippen LogP contribution is 2.31. The van der Waals surface area contributed by atoms with Gasteiger partial charge in [-0.05, 0) is 26.7 Å². The van der Waals surface area contributed by atoms with Crippen LogP contribution in [0, 0.1) is 13.8 Å². The van der Waals surface area contributed by atoms with E-state index in [0.717, 1.165) is 40.0 Å². The molecule has 112 valence electrons. The molecule has 1 fully saturated rings. The highest BCUT2D eigenvalue weighted by Gasteiger charge is 2.22. The Morgan fingerprint density at radius 1 is 1.38 bits per heavy atom. The van der Waals surface area contributed by atoms with Crippen LogP contribution in [0.1, 0.15) is 39.5 Å². The maximum atomic E-state index is 12.0. The molecule has 1 N–H and O–H groups in total. The number of hydrogen-bond acceptors (Lipinski definition) is 7. The van der Waals surface area contributed by atoms with Gasteiger partial charge in [0.15, 0.2) is 0 Å². The van der Waals surface area contributed by atoms with Crippen molar-refractivity contribution in [2.24, 2.45) is 0 Å². The molecule has 3 rings (SSSR count). The summed E-state index contributed by atoms with van der Waals surface area (Å²) in [5.41, 5.74) is 0.921. The molecule has 2 aromatic heterocycles. The third-order valence-electron chi connectivity index (χ3n) is 3.21. The summed E-state index contributed by atoms with van der Waals surface area (Å²) in [6.07, 6.45) is 2.39. The number of aromatic nitrogens is 3. The zero-order valence-electron chi connectivity index (χ0n) is 11.9. The van der Waals surface area contributed by atoms with Crippen molar-refractivity contribution in [3.63, 3.8) is 0 Å². The standard InChI is InChI=1S/C13H16N4O2S2/c1-7-10(20-8(2)14-7)6-11(18)15-13-17-16-12(21-13)9-4-3-5-19-9/h9H,3-6H2,1-2H3,(H,15,17,18). The fourth-order valence-electron chi connectivity index (χ4n) is 2.23. The number of rotatable bonds is 4. The first-order valence-corrected chi connectivity index (χ1v) is 8.43. The molecular formula is C13H16N4O2S2. The van der Waals surface area contributed by atoms with Crippen molar-refractivity contribution in [1.29, 1.82) is 0 Å². The van der Waals surface area contributed by atoms with Crippen molar-refractivity contribution in [1.82, 2.24) is 15.2 Å². The fraction of sp³-hybridized carbons (Fsp3) is 0.538. The van der Waals surface area contributed by atoms with E-state index in [2.05, 4.69) is 20.5 Å². The number of aryl methyl sites for hydroxylation is 2. The number of carbonyl (C=O) groups is 1. The van der Waals surface area contributed by atoms with E-state index >= 15 is 0 Å². The van der Waals surface area contributed by atoms with Crippen LogP contribution in [0.5, 0.6) is 0 Å². The van der Waals surface area contributed by atoms with Crippen LogP contribution in [0.2, 0.25) is 0 Å². The predicted molar refractivity (Wildman–Crippen MR) is 81.8 cm³/mol. The van der Waals surface area contributed by atoms with E-state index < -0.39 is 0 Å². The van der Waals surface area contributed by atoms with E-state index in [9.17, 15) is 4.79 Å². The quantitative estimate of drug-likeness (QED) is 0.935. The fourth-order valence-corrected chi connectivity index (χ4v) is 4.01. The van der Waals surface area contributed by atoms with Crippen molar-refractivity contribution in [3.05, 3.63) is 20.6 Å². The van der Waals surface area contributed by atoms with Crippen molar-refractivity contribution >= 4 is 33.7 Å². The van der Waals surface area contributed by atoms with Crippen molar-refractivity contribution in [3.8, 4) is 0 Å². The highest BCUT2D eigenvalue weighted by molar-refractivity contribution is 7.15. The summed E-state index contributed by atoms with van der Waals surface area (Å²) in [5.74, 6) is -0.0863. The number of amides is 1. The molecule has 0 aromatic carbocycles. The summed E-state index contributed by atoms with van der Waals surface area (Å²) in [6, 6.07) is 0. The number of hydrogen-bond donors (Lipinski definition) is 1. The van der Waals surface area contributed by atoms with E-state index in [1.165, 1.54) is 11.3 Å². The zero-order valence-corrected chi connectivity index (χ0v) is 13.5. The Morgan fingerprint density at radius 2 is 2.24 bits per heavy atom. The topological polar surface area (TPSA) is 77.0 Å². The Hall–Kier alpha value is -1.38. The van der Waals surface area contributed by atoms with Crippen LogP contribution in [-0.2, 0) is 16.0 Å². The highest BCUT2D eigenvalue weighted by atomic mass is 32.1. The second-order valence-corrected chi connectivity index (χ2v) is 7.21. The minimum atomic E-state index is -0.0863. The van der Waals surface area contributed by atoms with Crippen LogP contribution in [0.15, 0.2) is 0 Å². The van der Waals surface area contributed by atoms with Gasteiger partial charge in [-0.15, -0.1) is 21.5 Å². The van der Waals surface area contributed by atoms with Gasteiger partial charge in [-0.25, -0.2) is 4.98 Å². The van der Waals surface area contributed by atoms with Crippen molar-refractivity contribution < 1.29 is 9.53 Å². The molecule has 0 bridgehead atoms. The maximum absolute atomic E-state index is 12.0. The van der Waals surface area contributed by atoms with E-state index in [-0.39, 0.29) is 12.0 Å². The monoisotopic (exact) mass is 324 g/mol. The Labute approximate surface area is 130 Å². The SMILES string of the molecule is Cc1nc(C)c(CC(=O)Nc2nnc(C3CCCO3)s2)s1. The molecule has 1 aliphatic heterocycles. The first kappa shape index (κ1) is 14.6. The second kappa shape index (κ2) is 6.17. The molecule has 3 heterocycles. The average Bonchev–Trinajstić information content (AvgIpc) is 3.11. The lowest BCUT2D eigenvalue weighted by Crippen LogP contribution is -2.14. The average molecular weight is 324 g/mol. The van der Waals surface area contributed by atoms with Crippen LogP contribution >= 0.6 is 22.7 Å². The van der Waals surface area contributed by atoms with Gasteiger partial charge in [-0.1, -0.05) is 11.3 Å². The van der Waals surface area contributed by atoms with E-state index in [4.69, 9.17) is 4.74 Å². The molecule has 0 saturated carbocycles. The summed E-state index contributed by atoms with van der Waals surface area (Å²) in [4.78, 5) is 17.4. The minimum absolute atomic E-state index is 0.0412. The largest absolute Gasteiger partial charge is 0.371 e. The Morgan fingerprint density at radius 3 is 2.90 bits per heavy atom. The van der Waals surface area contributed by atoms with Crippen LogP contribution < -0.4 is 5.32 Å². The smallest absolute Gasteiger partial charge is 0.231 e. The molecule has 1 unspecified atom stereocenters. The number of nitrogens with one attached hydrogen (secondary N) is 1. The lowest BCUT2D eigenvalue weighted by Gasteiger charge is -2.02. The molecule has 0 radical (unpaired) electrons. The molecule has 6 nitrogen and oxygen atoms in total. The zero-order chi connectivity index (χ0) is 14.8. The van der Waals surface area contributed by atoms with Crippen molar-refractivity contribution in [2.75, 3.05) is 11.9 Å². The number of ether oxygens (including phenoxy) is 1. The molecule has 8 heteroatoms. The van der Waals surface area contributed by atoms with Crippen LogP contribution in [0.4, 0.5) is 5.13 Å².